The van der Waals surface area contributed by atoms with E-state index in [0.29, 0.717) is 12.8 Å². The minimum absolute atomic E-state index is 0.268. The van der Waals surface area contributed by atoms with E-state index in [-0.39, 0.29) is 12.8 Å². The van der Waals surface area contributed by atoms with Crippen molar-refractivity contribution in [1.82, 2.24) is 4.90 Å². The number of piperidine rings is 1. The van der Waals surface area contributed by atoms with E-state index >= 15 is 0 Å². The van der Waals surface area contributed by atoms with Gasteiger partial charge in [-0.3, -0.25) is 4.90 Å². The lowest BCUT2D eigenvalue weighted by Crippen LogP contribution is -2.49. The van der Waals surface area contributed by atoms with E-state index in [1.165, 1.54) is 19.1 Å². The quantitative estimate of drug-likeness (QED) is 0.639. The molecule has 0 aromatic heterocycles. The van der Waals surface area contributed by atoms with Crippen LogP contribution in [0.3, 0.4) is 0 Å². The Morgan fingerprint density at radius 3 is 2.69 bits per heavy atom. The molecule has 76 valence electrons. The van der Waals surface area contributed by atoms with Gasteiger partial charge in [0.2, 0.25) is 0 Å². The number of aliphatic hydroxyl groups excluding tert-OH is 1. The highest BCUT2D eigenvalue weighted by Crippen LogP contribution is 2.18. The molecule has 1 fully saturated rings. The highest BCUT2D eigenvalue weighted by atomic mass is 16.6. The molecule has 0 bridgehead atoms. The van der Waals surface area contributed by atoms with Crippen LogP contribution in [0.4, 0.5) is 4.79 Å². The fourth-order valence-electron chi connectivity index (χ4n) is 1.48. The number of amides is 1. The maximum absolute atomic E-state index is 11.2. The Morgan fingerprint density at radius 2 is 2.15 bits per heavy atom. The van der Waals surface area contributed by atoms with Crippen LogP contribution in [0.25, 0.3) is 0 Å². The maximum atomic E-state index is 11.2. The van der Waals surface area contributed by atoms with E-state index in [9.17, 15) is 9.90 Å². The van der Waals surface area contributed by atoms with Crippen molar-refractivity contribution in [2.45, 2.75) is 25.2 Å². The van der Waals surface area contributed by atoms with Crippen LogP contribution in [0.15, 0.2) is 0 Å². The van der Waals surface area contributed by atoms with Gasteiger partial charge in [-0.15, -0.1) is 0 Å². The number of likely N-dealkylation sites (tertiary alicyclic amines) is 1. The van der Waals surface area contributed by atoms with Crippen LogP contribution in [0.5, 0.6) is 0 Å². The Bertz CT molecular complexity index is 185. The molecule has 0 aromatic carbocycles. The molecule has 1 N–H and O–H groups in total. The average Bonchev–Trinajstić information content (AvgIpc) is 2.16. The summed E-state index contributed by atoms with van der Waals surface area (Å²) in [5.74, 6) is 0. The van der Waals surface area contributed by atoms with Gasteiger partial charge >= 0.3 is 6.09 Å². The van der Waals surface area contributed by atoms with Crippen LogP contribution in [0, 0.1) is 0 Å². The molecule has 1 heterocycles. The number of nitrogens with zero attached hydrogens (tertiary/aromatic N) is 1. The number of methoxy groups -OCH3 is 2. The number of ether oxygens (including phenoxy) is 2. The van der Waals surface area contributed by atoms with Gasteiger partial charge in [-0.2, -0.15) is 0 Å². The van der Waals surface area contributed by atoms with Gasteiger partial charge in [0.05, 0.1) is 19.8 Å². The Kier molecular flexibility index (Phi) is 3.50. The van der Waals surface area contributed by atoms with E-state index in [4.69, 9.17) is 4.74 Å². The zero-order valence-corrected chi connectivity index (χ0v) is 7.90. The van der Waals surface area contributed by atoms with Gasteiger partial charge in [-0.1, -0.05) is 0 Å². The number of β-amino-alcohol motifs (C(OH)–C–C–N with tert-alkyl or cyclic N) is 1. The number of hydrogen-bond donors (Lipinski definition) is 1. The van der Waals surface area contributed by atoms with Gasteiger partial charge in [0.1, 0.15) is 6.23 Å². The van der Waals surface area contributed by atoms with Crippen LogP contribution in [0.1, 0.15) is 12.8 Å². The molecule has 5 heteroatoms. The predicted octanol–water partition coefficient (Wildman–Crippen LogP) is 0.182. The van der Waals surface area contributed by atoms with Crippen LogP contribution in [-0.2, 0) is 9.47 Å². The molecule has 0 aromatic rings. The lowest BCUT2D eigenvalue weighted by Gasteiger charge is -2.35. The molecule has 0 radical (unpaired) electrons. The lowest BCUT2D eigenvalue weighted by molar-refractivity contribution is -0.0758. The standard InChI is InChI=1S/C8H15NO4/c1-12-7-4-3-6(10)5-9(7)8(11)13-2/h6-7,10H,3-5H2,1-2H3. The third kappa shape index (κ3) is 2.32. The summed E-state index contributed by atoms with van der Waals surface area (Å²) in [6.45, 7) is 0.283. The Hall–Kier alpha value is -0.810. The predicted molar refractivity (Wildman–Crippen MR) is 45.1 cm³/mol. The first kappa shape index (κ1) is 10.3. The number of aliphatic hydroxyl groups is 1. The Morgan fingerprint density at radius 1 is 1.46 bits per heavy atom. The number of hydrogen-bond acceptors (Lipinski definition) is 4. The summed E-state index contributed by atoms with van der Waals surface area (Å²) >= 11 is 0. The topological polar surface area (TPSA) is 59.0 Å². The number of rotatable bonds is 1. The van der Waals surface area contributed by atoms with Crippen molar-refractivity contribution < 1.29 is 19.4 Å². The van der Waals surface area contributed by atoms with Gasteiger partial charge in [0.25, 0.3) is 0 Å². The molecule has 1 saturated heterocycles. The molecule has 0 aliphatic carbocycles. The summed E-state index contributed by atoms with van der Waals surface area (Å²) < 4.78 is 9.66. The molecule has 13 heavy (non-hydrogen) atoms. The zero-order valence-electron chi connectivity index (χ0n) is 7.90. The molecule has 5 nitrogen and oxygen atoms in total. The van der Waals surface area contributed by atoms with Crippen LogP contribution in [-0.4, -0.2) is 49.2 Å². The molecule has 1 aliphatic rings. The van der Waals surface area contributed by atoms with Gasteiger partial charge in [0, 0.05) is 7.11 Å². The van der Waals surface area contributed by atoms with E-state index in [2.05, 4.69) is 4.74 Å². The summed E-state index contributed by atoms with van der Waals surface area (Å²) in [5, 5.41) is 9.33. The van der Waals surface area contributed by atoms with Gasteiger partial charge in [-0.25, -0.2) is 4.79 Å². The van der Waals surface area contributed by atoms with Crippen molar-refractivity contribution in [3.8, 4) is 0 Å². The molecule has 2 atom stereocenters. The van der Waals surface area contributed by atoms with Gasteiger partial charge < -0.3 is 14.6 Å². The highest BCUT2D eigenvalue weighted by molar-refractivity contribution is 5.67. The monoisotopic (exact) mass is 189 g/mol. The van der Waals surface area contributed by atoms with Gasteiger partial charge in [0.15, 0.2) is 0 Å². The first-order valence-corrected chi connectivity index (χ1v) is 4.24. The van der Waals surface area contributed by atoms with E-state index in [1.807, 2.05) is 0 Å². The average molecular weight is 189 g/mol. The second kappa shape index (κ2) is 4.43. The summed E-state index contributed by atoms with van der Waals surface area (Å²) in [5.41, 5.74) is 0. The van der Waals surface area contributed by atoms with Crippen molar-refractivity contribution in [2.24, 2.45) is 0 Å². The molecular weight excluding hydrogens is 174 g/mol. The highest BCUT2D eigenvalue weighted by Gasteiger charge is 2.31. The second-order valence-electron chi connectivity index (χ2n) is 3.04. The largest absolute Gasteiger partial charge is 0.453 e. The molecule has 1 aliphatic heterocycles. The SMILES string of the molecule is COC(=O)N1CC(O)CCC1OC. The lowest BCUT2D eigenvalue weighted by atomic mass is 10.1. The third-order valence-corrected chi connectivity index (χ3v) is 2.18. The summed E-state index contributed by atoms with van der Waals surface area (Å²) in [6, 6.07) is 0. The fraction of sp³-hybridized carbons (Fsp3) is 0.875. The first-order chi connectivity index (χ1) is 6.19. The van der Waals surface area contributed by atoms with E-state index in [0.717, 1.165) is 0 Å². The molecule has 1 rings (SSSR count). The summed E-state index contributed by atoms with van der Waals surface area (Å²) in [7, 11) is 2.86. The van der Waals surface area contributed by atoms with Crippen LogP contribution in [0.2, 0.25) is 0 Å². The van der Waals surface area contributed by atoms with Crippen LogP contribution < -0.4 is 0 Å². The van der Waals surface area contributed by atoms with Crippen LogP contribution >= 0.6 is 0 Å². The normalized spacial score (nSPS) is 28.7. The minimum Gasteiger partial charge on any atom is -0.453 e. The van der Waals surface area contributed by atoms with Gasteiger partial charge in [-0.05, 0) is 12.8 Å². The second-order valence-corrected chi connectivity index (χ2v) is 3.04. The Balaban J connectivity index is 2.59. The number of carbonyl (C=O) groups excluding carboxylic acids is 1. The van der Waals surface area contributed by atoms with Crippen molar-refractivity contribution in [3.63, 3.8) is 0 Å². The van der Waals surface area contributed by atoms with Crippen molar-refractivity contribution in [3.05, 3.63) is 0 Å². The molecule has 2 unspecified atom stereocenters. The van der Waals surface area contributed by atoms with Crippen molar-refractivity contribution in [2.75, 3.05) is 20.8 Å². The van der Waals surface area contributed by atoms with E-state index in [1.54, 1.807) is 0 Å². The maximum Gasteiger partial charge on any atom is 0.411 e. The zero-order chi connectivity index (χ0) is 9.84. The summed E-state index contributed by atoms with van der Waals surface area (Å²) in [4.78, 5) is 12.6. The van der Waals surface area contributed by atoms with Crippen molar-refractivity contribution >= 4 is 6.09 Å². The molecule has 0 spiro atoms. The molecular formula is C8H15NO4. The molecule has 0 saturated carbocycles. The third-order valence-electron chi connectivity index (χ3n) is 2.18. The van der Waals surface area contributed by atoms with Crippen molar-refractivity contribution in [1.29, 1.82) is 0 Å². The minimum atomic E-state index is -0.467. The van der Waals surface area contributed by atoms with E-state index < -0.39 is 12.2 Å². The smallest absolute Gasteiger partial charge is 0.411 e. The number of carbonyl (C=O) groups is 1. The first-order valence-electron chi connectivity index (χ1n) is 4.24. The summed E-state index contributed by atoms with van der Waals surface area (Å²) in [6.07, 6.45) is 0.116. The Labute approximate surface area is 77.2 Å². The molecule has 1 amide bonds. The fourth-order valence-corrected chi connectivity index (χ4v) is 1.48.